The third-order valence-corrected chi connectivity index (χ3v) is 6.92. The lowest BCUT2D eigenvalue weighted by atomic mass is 10.1. The Hall–Kier alpha value is -2.78. The molecular formula is C21H23ClN6O2S. The normalized spacial score (nSPS) is 14.2. The van der Waals surface area contributed by atoms with Gasteiger partial charge in [0.25, 0.3) is 11.5 Å². The lowest BCUT2D eigenvalue weighted by Gasteiger charge is -2.35. The van der Waals surface area contributed by atoms with E-state index in [4.69, 9.17) is 11.6 Å². The van der Waals surface area contributed by atoms with E-state index in [1.165, 1.54) is 16.0 Å². The van der Waals surface area contributed by atoms with Crippen LogP contribution < -0.4 is 10.5 Å². The van der Waals surface area contributed by atoms with Gasteiger partial charge in [0.1, 0.15) is 15.7 Å². The van der Waals surface area contributed by atoms with E-state index in [-0.39, 0.29) is 11.5 Å². The smallest absolute Gasteiger partial charge is 0.277 e. The Morgan fingerprint density at radius 3 is 2.45 bits per heavy atom. The van der Waals surface area contributed by atoms with Crippen LogP contribution in [0.2, 0.25) is 5.02 Å². The molecule has 1 amide bonds. The largest absolute Gasteiger partial charge is 0.353 e. The highest BCUT2D eigenvalue weighted by Crippen LogP contribution is 2.30. The number of aromatic nitrogens is 4. The van der Waals surface area contributed by atoms with E-state index in [2.05, 4.69) is 20.0 Å². The first-order valence-electron chi connectivity index (χ1n) is 9.94. The van der Waals surface area contributed by atoms with Crippen LogP contribution in [-0.2, 0) is 7.05 Å². The minimum Gasteiger partial charge on any atom is -0.353 e. The van der Waals surface area contributed by atoms with Crippen LogP contribution >= 0.6 is 22.9 Å². The van der Waals surface area contributed by atoms with Crippen molar-refractivity contribution in [3.05, 3.63) is 55.5 Å². The zero-order valence-electron chi connectivity index (χ0n) is 17.8. The summed E-state index contributed by atoms with van der Waals surface area (Å²) in [4.78, 5) is 39.4. The number of halogens is 1. The average Bonchev–Trinajstić information content (AvgIpc) is 3.14. The number of amides is 1. The zero-order chi connectivity index (χ0) is 22.3. The number of hydrogen-bond acceptors (Lipinski definition) is 7. The fourth-order valence-electron chi connectivity index (χ4n) is 3.64. The molecule has 0 N–H and O–H groups in total. The van der Waals surface area contributed by atoms with E-state index in [0.29, 0.717) is 52.3 Å². The second-order valence-corrected chi connectivity index (χ2v) is 9.00. The van der Waals surface area contributed by atoms with Crippen LogP contribution in [0.1, 0.15) is 26.6 Å². The summed E-state index contributed by atoms with van der Waals surface area (Å²) >= 11 is 7.19. The van der Waals surface area contributed by atoms with E-state index in [1.807, 2.05) is 37.8 Å². The molecule has 4 heterocycles. The lowest BCUT2D eigenvalue weighted by molar-refractivity contribution is 0.0750. The molecule has 1 fully saturated rings. The van der Waals surface area contributed by atoms with Crippen LogP contribution in [0.3, 0.4) is 0 Å². The van der Waals surface area contributed by atoms with Gasteiger partial charge in [-0.1, -0.05) is 11.6 Å². The molecule has 0 aromatic carbocycles. The first kappa shape index (κ1) is 21.5. The van der Waals surface area contributed by atoms with Crippen LogP contribution in [-0.4, -0.2) is 56.7 Å². The van der Waals surface area contributed by atoms with Gasteiger partial charge >= 0.3 is 0 Å². The molecule has 1 aliphatic rings. The minimum atomic E-state index is -0.208. The van der Waals surface area contributed by atoms with E-state index in [1.54, 1.807) is 13.2 Å². The number of nitrogens with zero attached hydrogens (tertiary/aromatic N) is 6. The van der Waals surface area contributed by atoms with Crippen molar-refractivity contribution in [1.29, 1.82) is 0 Å². The molecule has 4 rings (SSSR count). The summed E-state index contributed by atoms with van der Waals surface area (Å²) < 4.78 is 1.32. The maximum Gasteiger partial charge on any atom is 0.277 e. The molecule has 162 valence electrons. The summed E-state index contributed by atoms with van der Waals surface area (Å²) in [6, 6.07) is 3.70. The molecule has 0 radical (unpaired) electrons. The maximum absolute atomic E-state index is 13.2. The van der Waals surface area contributed by atoms with Crippen molar-refractivity contribution in [3.8, 4) is 10.6 Å². The van der Waals surface area contributed by atoms with Gasteiger partial charge in [-0.25, -0.2) is 14.6 Å². The van der Waals surface area contributed by atoms with Gasteiger partial charge in [0, 0.05) is 39.4 Å². The molecule has 8 nitrogen and oxygen atoms in total. The summed E-state index contributed by atoms with van der Waals surface area (Å²) in [7, 11) is 1.62. The Labute approximate surface area is 189 Å². The van der Waals surface area contributed by atoms with Gasteiger partial charge in [0.15, 0.2) is 0 Å². The third kappa shape index (κ3) is 4.07. The maximum atomic E-state index is 13.2. The van der Waals surface area contributed by atoms with Crippen LogP contribution in [0.5, 0.6) is 0 Å². The van der Waals surface area contributed by atoms with Crippen molar-refractivity contribution in [2.45, 2.75) is 20.8 Å². The second-order valence-electron chi connectivity index (χ2n) is 7.56. The molecule has 3 aromatic rings. The van der Waals surface area contributed by atoms with Crippen LogP contribution in [0.15, 0.2) is 23.1 Å². The van der Waals surface area contributed by atoms with Crippen LogP contribution in [0, 0.1) is 20.8 Å². The highest BCUT2D eigenvalue weighted by Gasteiger charge is 2.27. The minimum absolute atomic E-state index is 0.0507. The predicted octanol–water partition coefficient (Wildman–Crippen LogP) is 2.84. The van der Waals surface area contributed by atoms with Crippen LogP contribution in [0.25, 0.3) is 10.6 Å². The van der Waals surface area contributed by atoms with E-state index in [9.17, 15) is 9.59 Å². The highest BCUT2D eigenvalue weighted by atomic mass is 35.5. The van der Waals surface area contributed by atoms with Crippen molar-refractivity contribution in [3.63, 3.8) is 0 Å². The molecular weight excluding hydrogens is 436 g/mol. The number of thiazole rings is 1. The number of anilines is 1. The molecule has 0 aliphatic carbocycles. The Kier molecular flexibility index (Phi) is 5.81. The molecule has 0 bridgehead atoms. The van der Waals surface area contributed by atoms with E-state index < -0.39 is 0 Å². The Bertz CT molecular complexity index is 1200. The summed E-state index contributed by atoms with van der Waals surface area (Å²) in [5.41, 5.74) is 2.51. The van der Waals surface area contributed by atoms with Gasteiger partial charge in [0.2, 0.25) is 0 Å². The summed E-state index contributed by atoms with van der Waals surface area (Å²) in [6.07, 6.45) is 1.63. The molecule has 1 aliphatic heterocycles. The fourth-order valence-corrected chi connectivity index (χ4v) is 4.88. The topological polar surface area (TPSA) is 84.2 Å². The summed E-state index contributed by atoms with van der Waals surface area (Å²) in [5, 5.41) is 5.39. The van der Waals surface area contributed by atoms with Gasteiger partial charge in [-0.2, -0.15) is 5.10 Å². The van der Waals surface area contributed by atoms with Crippen molar-refractivity contribution in [1.82, 2.24) is 24.6 Å². The molecule has 3 aromatic heterocycles. The molecule has 0 atom stereocenters. The lowest BCUT2D eigenvalue weighted by Crippen LogP contribution is -2.49. The third-order valence-electron chi connectivity index (χ3n) is 5.53. The molecule has 0 unspecified atom stereocenters. The Morgan fingerprint density at radius 2 is 1.81 bits per heavy atom. The molecule has 0 spiro atoms. The van der Waals surface area contributed by atoms with E-state index >= 15 is 0 Å². The highest BCUT2D eigenvalue weighted by molar-refractivity contribution is 7.17. The summed E-state index contributed by atoms with van der Waals surface area (Å²) in [5.74, 6) is 0.803. The Balaban J connectivity index is 1.54. The number of hydrogen-bond donors (Lipinski definition) is 0. The summed E-state index contributed by atoms with van der Waals surface area (Å²) in [6.45, 7) is 8.09. The van der Waals surface area contributed by atoms with Crippen molar-refractivity contribution in [2.75, 3.05) is 31.1 Å². The number of aryl methyl sites for hydroxylation is 3. The van der Waals surface area contributed by atoms with Gasteiger partial charge < -0.3 is 9.80 Å². The first-order chi connectivity index (χ1) is 14.8. The van der Waals surface area contributed by atoms with Crippen molar-refractivity contribution < 1.29 is 4.79 Å². The molecule has 1 saturated heterocycles. The fraction of sp³-hybridized carbons (Fsp3) is 0.381. The van der Waals surface area contributed by atoms with Gasteiger partial charge in [-0.15, -0.1) is 11.3 Å². The standard InChI is InChI=1S/C21H23ClN6O2S/c1-12-13(2)25-26(4)20(29)17(12)19-24-14(3)18(31-19)21(30)28-9-7-27(8-10-28)16-6-5-15(22)11-23-16/h5-6,11H,7-10H2,1-4H3. The molecule has 0 saturated carbocycles. The molecule has 10 heteroatoms. The quantitative estimate of drug-likeness (QED) is 0.600. The predicted molar refractivity (Wildman–Crippen MR) is 122 cm³/mol. The monoisotopic (exact) mass is 458 g/mol. The van der Waals surface area contributed by atoms with Gasteiger partial charge in [0.05, 0.1) is 22.0 Å². The SMILES string of the molecule is Cc1nc(-c2c(C)c(C)nn(C)c2=O)sc1C(=O)N1CCN(c2ccc(Cl)cn2)CC1. The average molecular weight is 459 g/mol. The Morgan fingerprint density at radius 1 is 1.10 bits per heavy atom. The van der Waals surface area contributed by atoms with Gasteiger partial charge in [-0.05, 0) is 38.5 Å². The second kappa shape index (κ2) is 8.39. The number of pyridine rings is 1. The zero-order valence-corrected chi connectivity index (χ0v) is 19.4. The number of piperazine rings is 1. The number of carbonyl (C=O) groups excluding carboxylic acids is 1. The van der Waals surface area contributed by atoms with Gasteiger partial charge in [-0.3, -0.25) is 9.59 Å². The van der Waals surface area contributed by atoms with Crippen molar-refractivity contribution >= 4 is 34.7 Å². The first-order valence-corrected chi connectivity index (χ1v) is 11.1. The van der Waals surface area contributed by atoms with Crippen molar-refractivity contribution in [2.24, 2.45) is 7.05 Å². The van der Waals surface area contributed by atoms with E-state index in [0.717, 1.165) is 17.1 Å². The molecule has 31 heavy (non-hydrogen) atoms. The number of carbonyl (C=O) groups is 1. The number of rotatable bonds is 3. The van der Waals surface area contributed by atoms with Crippen LogP contribution in [0.4, 0.5) is 5.82 Å².